The van der Waals surface area contributed by atoms with Gasteiger partial charge in [0.15, 0.2) is 12.4 Å². The highest BCUT2D eigenvalue weighted by atomic mass is 16.6. The largest absolute Gasteiger partial charge is 0.477 e. The van der Waals surface area contributed by atoms with Crippen molar-refractivity contribution < 1.29 is 14.5 Å². The van der Waals surface area contributed by atoms with Crippen LogP contribution in [0.15, 0.2) is 47.6 Å². The summed E-state index contributed by atoms with van der Waals surface area (Å²) in [5.74, 6) is -0.465. The molecule has 28 heavy (non-hydrogen) atoms. The maximum absolute atomic E-state index is 11.8. The number of nitrogens with zero attached hydrogens (tertiary/aromatic N) is 3. The summed E-state index contributed by atoms with van der Waals surface area (Å²) in [6.07, 6.45) is 1.53. The van der Waals surface area contributed by atoms with E-state index in [-0.39, 0.29) is 18.0 Å². The Morgan fingerprint density at radius 1 is 1.21 bits per heavy atom. The van der Waals surface area contributed by atoms with Gasteiger partial charge in [-0.05, 0) is 50.1 Å². The van der Waals surface area contributed by atoms with Gasteiger partial charge in [0.2, 0.25) is 0 Å². The normalized spacial score (nSPS) is 10.7. The molecule has 0 radical (unpaired) electrons. The van der Waals surface area contributed by atoms with Crippen molar-refractivity contribution in [2.75, 3.05) is 24.6 Å². The van der Waals surface area contributed by atoms with Gasteiger partial charge in [-0.3, -0.25) is 14.9 Å². The Morgan fingerprint density at radius 2 is 1.89 bits per heavy atom. The molecule has 1 amide bonds. The van der Waals surface area contributed by atoms with Crippen molar-refractivity contribution in [1.82, 2.24) is 5.43 Å². The molecule has 2 aromatic rings. The summed E-state index contributed by atoms with van der Waals surface area (Å²) < 4.78 is 5.25. The summed E-state index contributed by atoms with van der Waals surface area (Å²) in [6.45, 7) is 7.43. The fourth-order valence-electron chi connectivity index (χ4n) is 2.61. The number of aryl methyl sites for hydroxylation is 1. The number of carbonyl (C=O) groups excluding carboxylic acids is 1. The number of carbonyl (C=O) groups is 1. The van der Waals surface area contributed by atoms with Crippen LogP contribution in [0.4, 0.5) is 11.4 Å². The van der Waals surface area contributed by atoms with Crippen molar-refractivity contribution in [3.63, 3.8) is 0 Å². The first-order chi connectivity index (χ1) is 13.4. The molecule has 2 aromatic carbocycles. The lowest BCUT2D eigenvalue weighted by Crippen LogP contribution is -2.24. The Bertz CT molecular complexity index is 846. The van der Waals surface area contributed by atoms with E-state index >= 15 is 0 Å². The van der Waals surface area contributed by atoms with E-state index in [4.69, 9.17) is 4.74 Å². The first-order valence-corrected chi connectivity index (χ1v) is 8.99. The van der Waals surface area contributed by atoms with Crippen molar-refractivity contribution in [3.8, 4) is 5.75 Å². The van der Waals surface area contributed by atoms with Crippen molar-refractivity contribution in [3.05, 3.63) is 63.7 Å². The Hall–Kier alpha value is -3.42. The SMILES string of the molecule is CCN(CC)c1ccc(/C=N\NC(=O)COc2ccc(C)cc2[N+](=O)[O-])cc1. The molecule has 0 bridgehead atoms. The molecule has 0 heterocycles. The molecule has 0 atom stereocenters. The summed E-state index contributed by atoms with van der Waals surface area (Å²) in [5.41, 5.74) is 4.87. The van der Waals surface area contributed by atoms with Crippen LogP contribution in [-0.4, -0.2) is 36.7 Å². The first kappa shape index (κ1) is 20.9. The van der Waals surface area contributed by atoms with E-state index in [1.165, 1.54) is 18.3 Å². The third kappa shape index (κ3) is 5.80. The molecule has 148 valence electrons. The Labute approximate surface area is 164 Å². The zero-order chi connectivity index (χ0) is 20.5. The summed E-state index contributed by atoms with van der Waals surface area (Å²) in [5, 5.41) is 14.9. The van der Waals surface area contributed by atoms with Crippen LogP contribution < -0.4 is 15.1 Å². The van der Waals surface area contributed by atoms with Gasteiger partial charge in [0, 0.05) is 24.8 Å². The molecule has 0 saturated heterocycles. The number of nitro benzene ring substituents is 1. The minimum absolute atomic E-state index is 0.0433. The number of anilines is 1. The second-order valence-electron chi connectivity index (χ2n) is 6.07. The Kier molecular flexibility index (Phi) is 7.50. The summed E-state index contributed by atoms with van der Waals surface area (Å²) >= 11 is 0. The lowest BCUT2D eigenvalue weighted by molar-refractivity contribution is -0.385. The van der Waals surface area contributed by atoms with Gasteiger partial charge in [0.1, 0.15) is 0 Å². The molecule has 1 N–H and O–H groups in total. The lowest BCUT2D eigenvalue weighted by atomic mass is 10.2. The van der Waals surface area contributed by atoms with Gasteiger partial charge in [-0.25, -0.2) is 5.43 Å². The van der Waals surface area contributed by atoms with E-state index < -0.39 is 10.8 Å². The maximum atomic E-state index is 11.8. The highest BCUT2D eigenvalue weighted by Crippen LogP contribution is 2.27. The molecular weight excluding hydrogens is 360 g/mol. The second kappa shape index (κ2) is 10.1. The van der Waals surface area contributed by atoms with Crippen molar-refractivity contribution in [2.45, 2.75) is 20.8 Å². The molecule has 0 aromatic heterocycles. The quantitative estimate of drug-likeness (QED) is 0.406. The molecule has 8 nitrogen and oxygen atoms in total. The van der Waals surface area contributed by atoms with Crippen LogP contribution in [0.3, 0.4) is 0 Å². The van der Waals surface area contributed by atoms with Crippen LogP contribution in [0.2, 0.25) is 0 Å². The van der Waals surface area contributed by atoms with Gasteiger partial charge in [-0.15, -0.1) is 0 Å². The Morgan fingerprint density at radius 3 is 2.50 bits per heavy atom. The fraction of sp³-hybridized carbons (Fsp3) is 0.300. The van der Waals surface area contributed by atoms with Crippen LogP contribution in [0, 0.1) is 17.0 Å². The zero-order valence-electron chi connectivity index (χ0n) is 16.2. The number of hydrogen-bond acceptors (Lipinski definition) is 6. The molecule has 0 aliphatic carbocycles. The highest BCUT2D eigenvalue weighted by Gasteiger charge is 2.16. The highest BCUT2D eigenvalue weighted by molar-refractivity contribution is 5.83. The number of amides is 1. The van der Waals surface area contributed by atoms with Gasteiger partial charge < -0.3 is 9.64 Å². The van der Waals surface area contributed by atoms with Crippen molar-refractivity contribution >= 4 is 23.5 Å². The number of rotatable bonds is 9. The topological polar surface area (TPSA) is 97.1 Å². The minimum Gasteiger partial charge on any atom is -0.477 e. The van der Waals surface area contributed by atoms with E-state index in [9.17, 15) is 14.9 Å². The van der Waals surface area contributed by atoms with Crippen LogP contribution in [0.5, 0.6) is 5.75 Å². The van der Waals surface area contributed by atoms with Crippen LogP contribution >= 0.6 is 0 Å². The Balaban J connectivity index is 1.88. The molecule has 8 heteroatoms. The molecule has 0 aliphatic rings. The molecule has 0 saturated carbocycles. The number of ether oxygens (including phenoxy) is 1. The summed E-state index contributed by atoms with van der Waals surface area (Å²) in [6, 6.07) is 12.4. The van der Waals surface area contributed by atoms with Crippen LogP contribution in [0.25, 0.3) is 0 Å². The molecule has 2 rings (SSSR count). The van der Waals surface area contributed by atoms with E-state index in [0.29, 0.717) is 0 Å². The van der Waals surface area contributed by atoms with Gasteiger partial charge >= 0.3 is 5.69 Å². The zero-order valence-corrected chi connectivity index (χ0v) is 16.2. The molecule has 0 aliphatic heterocycles. The molecule has 0 spiro atoms. The molecule has 0 unspecified atom stereocenters. The standard InChI is InChI=1S/C20H24N4O4/c1-4-23(5-2)17-9-7-16(8-10-17)13-21-22-20(25)14-28-19-11-6-15(3)12-18(19)24(26)27/h6-13H,4-5,14H2,1-3H3,(H,22,25)/b21-13-. The predicted octanol–water partition coefficient (Wildman–Crippen LogP) is 3.28. The summed E-state index contributed by atoms with van der Waals surface area (Å²) in [4.78, 5) is 24.6. The number of benzene rings is 2. The number of nitrogens with one attached hydrogen (secondary N) is 1. The van der Waals surface area contributed by atoms with Gasteiger partial charge in [-0.2, -0.15) is 5.10 Å². The number of hydrazone groups is 1. The van der Waals surface area contributed by atoms with Gasteiger partial charge in [0.05, 0.1) is 11.1 Å². The van der Waals surface area contributed by atoms with Gasteiger partial charge in [-0.1, -0.05) is 18.2 Å². The molecular formula is C20H24N4O4. The minimum atomic E-state index is -0.541. The maximum Gasteiger partial charge on any atom is 0.311 e. The fourth-order valence-corrected chi connectivity index (χ4v) is 2.61. The third-order valence-corrected chi connectivity index (χ3v) is 4.09. The average molecular weight is 384 g/mol. The van der Waals surface area contributed by atoms with E-state index in [2.05, 4.69) is 29.3 Å². The third-order valence-electron chi connectivity index (χ3n) is 4.09. The first-order valence-electron chi connectivity index (χ1n) is 8.99. The monoisotopic (exact) mass is 384 g/mol. The lowest BCUT2D eigenvalue weighted by Gasteiger charge is -2.20. The van der Waals surface area contributed by atoms with Crippen molar-refractivity contribution in [2.24, 2.45) is 5.10 Å². The molecule has 0 fully saturated rings. The second-order valence-corrected chi connectivity index (χ2v) is 6.07. The smallest absolute Gasteiger partial charge is 0.311 e. The van der Waals surface area contributed by atoms with E-state index in [0.717, 1.165) is 29.9 Å². The number of hydrogen-bond donors (Lipinski definition) is 1. The van der Waals surface area contributed by atoms with Crippen molar-refractivity contribution in [1.29, 1.82) is 0 Å². The summed E-state index contributed by atoms with van der Waals surface area (Å²) in [7, 11) is 0. The predicted molar refractivity (Wildman–Crippen MR) is 109 cm³/mol. The average Bonchev–Trinajstić information content (AvgIpc) is 2.69. The van der Waals surface area contributed by atoms with Gasteiger partial charge in [0.25, 0.3) is 5.91 Å². The van der Waals surface area contributed by atoms with Crippen LogP contribution in [0.1, 0.15) is 25.0 Å². The van der Waals surface area contributed by atoms with E-state index in [1.807, 2.05) is 24.3 Å². The van der Waals surface area contributed by atoms with E-state index in [1.54, 1.807) is 13.0 Å². The van der Waals surface area contributed by atoms with Crippen LogP contribution in [-0.2, 0) is 4.79 Å². The number of nitro groups is 1.